The van der Waals surface area contributed by atoms with Crippen LogP contribution >= 0.6 is 0 Å². The van der Waals surface area contributed by atoms with Gasteiger partial charge in [0.1, 0.15) is 12.1 Å². The molecule has 1 atom stereocenters. The average molecular weight is 373 g/mol. The number of imide groups is 1. The molecule has 1 aliphatic heterocycles. The van der Waals surface area contributed by atoms with E-state index in [4.69, 9.17) is 0 Å². The van der Waals surface area contributed by atoms with Crippen LogP contribution < -0.4 is 10.6 Å². The summed E-state index contributed by atoms with van der Waals surface area (Å²) in [6, 6.07) is 7.15. The van der Waals surface area contributed by atoms with E-state index in [0.717, 1.165) is 29.7 Å². The SMILES string of the molecule is CCCCCNC(=O)CN1C(=O)NC(C)(c2ccc(C(C)(C)C)cc2)C1=O. The van der Waals surface area contributed by atoms with Crippen molar-refractivity contribution in [3.63, 3.8) is 0 Å². The van der Waals surface area contributed by atoms with Crippen molar-refractivity contribution in [2.45, 2.75) is 64.8 Å². The van der Waals surface area contributed by atoms with E-state index >= 15 is 0 Å². The van der Waals surface area contributed by atoms with Crippen LogP contribution in [0.3, 0.4) is 0 Å². The van der Waals surface area contributed by atoms with Crippen LogP contribution in [0.1, 0.15) is 65.0 Å². The first-order valence-electron chi connectivity index (χ1n) is 9.61. The lowest BCUT2D eigenvalue weighted by molar-refractivity contribution is -0.134. The van der Waals surface area contributed by atoms with Crippen LogP contribution in [0.2, 0.25) is 0 Å². The van der Waals surface area contributed by atoms with Crippen molar-refractivity contribution in [1.82, 2.24) is 15.5 Å². The molecule has 0 spiro atoms. The van der Waals surface area contributed by atoms with Gasteiger partial charge in [0.2, 0.25) is 5.91 Å². The van der Waals surface area contributed by atoms with E-state index < -0.39 is 17.5 Å². The summed E-state index contributed by atoms with van der Waals surface area (Å²) in [5.41, 5.74) is 0.704. The van der Waals surface area contributed by atoms with Crippen molar-refractivity contribution in [3.8, 4) is 0 Å². The summed E-state index contributed by atoms with van der Waals surface area (Å²) in [4.78, 5) is 38.3. The molecule has 0 radical (unpaired) electrons. The Balaban J connectivity index is 2.08. The maximum absolute atomic E-state index is 12.9. The molecule has 0 saturated carbocycles. The van der Waals surface area contributed by atoms with Crippen LogP contribution in [0.15, 0.2) is 24.3 Å². The minimum Gasteiger partial charge on any atom is -0.355 e. The number of urea groups is 1. The molecule has 1 aromatic rings. The lowest BCUT2D eigenvalue weighted by atomic mass is 9.84. The maximum atomic E-state index is 12.9. The third-order valence-electron chi connectivity index (χ3n) is 5.01. The van der Waals surface area contributed by atoms with Gasteiger partial charge in [0, 0.05) is 6.54 Å². The molecule has 1 aromatic carbocycles. The number of carbonyl (C=O) groups is 3. The van der Waals surface area contributed by atoms with Crippen LogP contribution in [0.25, 0.3) is 0 Å². The molecule has 1 unspecified atom stereocenters. The molecular weight excluding hydrogens is 342 g/mol. The molecule has 1 heterocycles. The molecule has 0 aromatic heterocycles. The lowest BCUT2D eigenvalue weighted by Gasteiger charge is -2.24. The highest BCUT2D eigenvalue weighted by Gasteiger charge is 2.49. The summed E-state index contributed by atoms with van der Waals surface area (Å²) >= 11 is 0. The molecule has 148 valence electrons. The van der Waals surface area contributed by atoms with Crippen LogP contribution in [0.4, 0.5) is 4.79 Å². The van der Waals surface area contributed by atoms with Gasteiger partial charge in [-0.25, -0.2) is 4.79 Å². The zero-order valence-corrected chi connectivity index (χ0v) is 17.0. The summed E-state index contributed by atoms with van der Waals surface area (Å²) in [6.45, 7) is 10.4. The molecule has 1 fully saturated rings. The molecule has 0 aliphatic carbocycles. The molecular formula is C21H31N3O3. The zero-order valence-electron chi connectivity index (χ0n) is 17.0. The highest BCUT2D eigenvalue weighted by atomic mass is 16.2. The molecule has 1 aliphatic rings. The van der Waals surface area contributed by atoms with Gasteiger partial charge < -0.3 is 10.6 Å². The monoisotopic (exact) mass is 373 g/mol. The normalized spacial score (nSPS) is 20.0. The predicted octanol–water partition coefficient (Wildman–Crippen LogP) is 3.06. The van der Waals surface area contributed by atoms with Gasteiger partial charge >= 0.3 is 6.03 Å². The fraction of sp³-hybridized carbons (Fsp3) is 0.571. The van der Waals surface area contributed by atoms with Gasteiger partial charge in [-0.3, -0.25) is 14.5 Å². The van der Waals surface area contributed by atoms with Crippen LogP contribution in [0.5, 0.6) is 0 Å². The Bertz CT molecular complexity index is 706. The summed E-state index contributed by atoms with van der Waals surface area (Å²) in [6.07, 6.45) is 2.99. The average Bonchev–Trinajstić information content (AvgIpc) is 2.82. The highest BCUT2D eigenvalue weighted by Crippen LogP contribution is 2.31. The number of carbonyl (C=O) groups excluding carboxylic acids is 3. The first kappa shape index (κ1) is 20.9. The second kappa shape index (κ2) is 8.11. The van der Waals surface area contributed by atoms with Gasteiger partial charge in [-0.1, -0.05) is 64.8 Å². The molecule has 6 heteroatoms. The third-order valence-corrected chi connectivity index (χ3v) is 5.01. The summed E-state index contributed by atoms with van der Waals surface area (Å²) in [5, 5.41) is 5.51. The van der Waals surface area contributed by atoms with E-state index in [1.165, 1.54) is 0 Å². The minimum absolute atomic E-state index is 0.00423. The van der Waals surface area contributed by atoms with E-state index in [9.17, 15) is 14.4 Å². The smallest absolute Gasteiger partial charge is 0.325 e. The molecule has 1 saturated heterocycles. The van der Waals surface area contributed by atoms with E-state index in [2.05, 4.69) is 38.3 Å². The minimum atomic E-state index is -1.16. The molecule has 0 bridgehead atoms. The Hall–Kier alpha value is -2.37. The lowest BCUT2D eigenvalue weighted by Crippen LogP contribution is -2.43. The van der Waals surface area contributed by atoms with Crippen LogP contribution in [0, 0.1) is 0 Å². The predicted molar refractivity (Wildman–Crippen MR) is 105 cm³/mol. The Labute approximate surface area is 161 Å². The second-order valence-electron chi connectivity index (χ2n) is 8.33. The number of amides is 4. The topological polar surface area (TPSA) is 78.5 Å². The van der Waals surface area contributed by atoms with Crippen molar-refractivity contribution in [3.05, 3.63) is 35.4 Å². The summed E-state index contributed by atoms with van der Waals surface area (Å²) in [7, 11) is 0. The fourth-order valence-electron chi connectivity index (χ4n) is 3.14. The van der Waals surface area contributed by atoms with E-state index in [1.54, 1.807) is 6.92 Å². The number of hydrogen-bond acceptors (Lipinski definition) is 3. The molecule has 2 rings (SSSR count). The molecule has 2 N–H and O–H groups in total. The van der Waals surface area contributed by atoms with Gasteiger partial charge in [-0.05, 0) is 29.9 Å². The first-order chi connectivity index (χ1) is 12.6. The maximum Gasteiger partial charge on any atom is 0.325 e. The Morgan fingerprint density at radius 1 is 1.15 bits per heavy atom. The quantitative estimate of drug-likeness (QED) is 0.569. The van der Waals surface area contributed by atoms with Crippen molar-refractivity contribution in [2.24, 2.45) is 0 Å². The van der Waals surface area contributed by atoms with Gasteiger partial charge in [-0.2, -0.15) is 0 Å². The number of rotatable bonds is 7. The standard InChI is InChI=1S/C21H31N3O3/c1-6-7-8-13-22-17(25)14-24-18(26)21(5,23-19(24)27)16-11-9-15(10-12-16)20(2,3)4/h9-12H,6-8,13-14H2,1-5H3,(H,22,25)(H,23,27). The second-order valence-corrected chi connectivity index (χ2v) is 8.33. The Morgan fingerprint density at radius 3 is 2.33 bits per heavy atom. The summed E-state index contributed by atoms with van der Waals surface area (Å²) < 4.78 is 0. The Kier molecular flexibility index (Phi) is 6.29. The Morgan fingerprint density at radius 2 is 1.78 bits per heavy atom. The molecule has 6 nitrogen and oxygen atoms in total. The first-order valence-corrected chi connectivity index (χ1v) is 9.61. The van der Waals surface area contributed by atoms with Crippen molar-refractivity contribution < 1.29 is 14.4 Å². The number of hydrogen-bond donors (Lipinski definition) is 2. The largest absolute Gasteiger partial charge is 0.355 e. The van der Waals surface area contributed by atoms with E-state index in [1.807, 2.05) is 24.3 Å². The van der Waals surface area contributed by atoms with Crippen LogP contribution in [-0.4, -0.2) is 35.8 Å². The fourth-order valence-corrected chi connectivity index (χ4v) is 3.14. The summed E-state index contributed by atoms with van der Waals surface area (Å²) in [5.74, 6) is -0.721. The third kappa shape index (κ3) is 4.67. The van der Waals surface area contributed by atoms with Gasteiger partial charge in [-0.15, -0.1) is 0 Å². The van der Waals surface area contributed by atoms with Crippen molar-refractivity contribution in [1.29, 1.82) is 0 Å². The van der Waals surface area contributed by atoms with Crippen molar-refractivity contribution in [2.75, 3.05) is 13.1 Å². The van der Waals surface area contributed by atoms with Gasteiger partial charge in [0.05, 0.1) is 0 Å². The number of unbranched alkanes of at least 4 members (excludes halogenated alkanes) is 2. The number of nitrogens with zero attached hydrogens (tertiary/aromatic N) is 1. The number of benzene rings is 1. The molecule has 4 amide bonds. The highest BCUT2D eigenvalue weighted by molar-refractivity contribution is 6.09. The van der Waals surface area contributed by atoms with E-state index in [-0.39, 0.29) is 17.9 Å². The number of nitrogens with one attached hydrogen (secondary N) is 2. The zero-order chi connectivity index (χ0) is 20.2. The van der Waals surface area contributed by atoms with E-state index in [0.29, 0.717) is 12.1 Å². The van der Waals surface area contributed by atoms with Crippen molar-refractivity contribution >= 4 is 17.8 Å². The van der Waals surface area contributed by atoms with Gasteiger partial charge in [0.15, 0.2) is 0 Å². The molecule has 27 heavy (non-hydrogen) atoms. The van der Waals surface area contributed by atoms with Crippen LogP contribution in [-0.2, 0) is 20.5 Å². The van der Waals surface area contributed by atoms with Gasteiger partial charge in [0.25, 0.3) is 5.91 Å².